The lowest BCUT2D eigenvalue weighted by atomic mass is 9.84. The molecule has 2 atom stereocenters. The summed E-state index contributed by atoms with van der Waals surface area (Å²) in [7, 11) is 0. The smallest absolute Gasteiger partial charge is 0.410 e. The molecule has 4 rings (SSSR count). The Morgan fingerprint density at radius 2 is 1.45 bits per heavy atom. The van der Waals surface area contributed by atoms with Gasteiger partial charge in [-0.25, -0.2) is 4.79 Å². The largest absolute Gasteiger partial charge is 0.445 e. The van der Waals surface area contributed by atoms with Crippen LogP contribution in [0.15, 0.2) is 104 Å². The average molecular weight is 459 g/mol. The Morgan fingerprint density at radius 1 is 0.970 bits per heavy atom. The molecule has 3 aromatic carbocycles. The van der Waals surface area contributed by atoms with Gasteiger partial charge in [0.25, 0.3) is 0 Å². The first-order valence-corrected chi connectivity index (χ1v) is 12.2. The Hall–Kier alpha value is -3.02. The van der Waals surface area contributed by atoms with E-state index in [1.165, 1.54) is 16.7 Å². The van der Waals surface area contributed by atoms with Crippen molar-refractivity contribution in [1.82, 2.24) is 4.90 Å². The van der Waals surface area contributed by atoms with E-state index in [0.29, 0.717) is 13.1 Å². The Morgan fingerprint density at radius 3 is 1.88 bits per heavy atom. The molecule has 170 valence electrons. The number of amides is 1. The van der Waals surface area contributed by atoms with Crippen LogP contribution in [-0.2, 0) is 9.48 Å². The summed E-state index contributed by atoms with van der Waals surface area (Å²) < 4.78 is 4.92. The number of rotatable bonds is 8. The van der Waals surface area contributed by atoms with Gasteiger partial charge < -0.3 is 15.4 Å². The molecule has 5 heteroatoms. The summed E-state index contributed by atoms with van der Waals surface area (Å²) in [6.07, 6.45) is 2.08. The van der Waals surface area contributed by atoms with Crippen LogP contribution in [-0.4, -0.2) is 42.0 Å². The highest BCUT2D eigenvalue weighted by atomic mass is 32.2. The number of hydrogen-bond donors (Lipinski definition) is 1. The number of nitrogens with two attached hydrogens (primary N) is 1. The Kier molecular flexibility index (Phi) is 7.53. The van der Waals surface area contributed by atoms with Gasteiger partial charge in [0.2, 0.25) is 0 Å². The monoisotopic (exact) mass is 458 g/mol. The lowest BCUT2D eigenvalue weighted by Gasteiger charge is -2.37. The van der Waals surface area contributed by atoms with Crippen LogP contribution in [0.1, 0.15) is 23.1 Å². The zero-order valence-electron chi connectivity index (χ0n) is 18.7. The second kappa shape index (κ2) is 10.7. The third-order valence-electron chi connectivity index (χ3n) is 6.09. The Bertz CT molecular complexity index is 947. The number of nitrogens with zero attached hydrogens (tertiary/aromatic N) is 1. The zero-order chi connectivity index (χ0) is 23.1. The number of likely N-dealkylation sites (tertiary alicyclic amines) is 1. The number of benzene rings is 3. The van der Waals surface area contributed by atoms with Crippen molar-refractivity contribution < 1.29 is 9.53 Å². The number of ether oxygens (including phenoxy) is 1. The zero-order valence-corrected chi connectivity index (χ0v) is 19.5. The Labute approximate surface area is 200 Å². The van der Waals surface area contributed by atoms with Crippen LogP contribution in [0.25, 0.3) is 0 Å². The molecule has 1 fully saturated rings. The van der Waals surface area contributed by atoms with Gasteiger partial charge in [-0.3, -0.25) is 0 Å². The first-order valence-electron chi connectivity index (χ1n) is 11.3. The van der Waals surface area contributed by atoms with Gasteiger partial charge in [-0.1, -0.05) is 104 Å². The van der Waals surface area contributed by atoms with Gasteiger partial charge in [-0.2, -0.15) is 0 Å². The molecular weight excluding hydrogens is 428 g/mol. The van der Waals surface area contributed by atoms with E-state index in [1.54, 1.807) is 11.0 Å². The minimum Gasteiger partial charge on any atom is -0.445 e. The lowest BCUT2D eigenvalue weighted by molar-refractivity contribution is 0.109. The topological polar surface area (TPSA) is 55.6 Å². The van der Waals surface area contributed by atoms with E-state index in [-0.39, 0.29) is 24.0 Å². The van der Waals surface area contributed by atoms with Crippen molar-refractivity contribution in [3.05, 3.63) is 120 Å². The van der Waals surface area contributed by atoms with Crippen LogP contribution in [0.2, 0.25) is 0 Å². The maximum Gasteiger partial charge on any atom is 0.410 e. The quantitative estimate of drug-likeness (QED) is 0.361. The fraction of sp³-hybridized carbons (Fsp3) is 0.250. The van der Waals surface area contributed by atoms with E-state index in [2.05, 4.69) is 79.4 Å². The normalized spacial score (nSPS) is 18.2. The second-order valence-corrected chi connectivity index (χ2v) is 9.68. The molecule has 0 saturated carbocycles. The molecule has 0 spiro atoms. The maximum absolute atomic E-state index is 12.7. The summed E-state index contributed by atoms with van der Waals surface area (Å²) in [4.78, 5) is 14.5. The molecule has 4 nitrogen and oxygen atoms in total. The summed E-state index contributed by atoms with van der Waals surface area (Å²) in [5, 5.41) is 0.190. The molecule has 3 aromatic rings. The molecule has 1 aliphatic rings. The SMILES string of the molecule is C=CCOC(=O)N1C[C@@H](SC(c2ccccc2)(c2ccccc2)c2ccccc2)C[C@H]1CN. The third kappa shape index (κ3) is 4.85. The fourth-order valence-electron chi connectivity index (χ4n) is 4.59. The van der Waals surface area contributed by atoms with E-state index in [0.717, 1.165) is 6.42 Å². The molecule has 0 aliphatic carbocycles. The molecule has 1 aliphatic heterocycles. The van der Waals surface area contributed by atoms with Crippen LogP contribution in [0.5, 0.6) is 0 Å². The summed E-state index contributed by atoms with van der Waals surface area (Å²) in [6.45, 7) is 4.84. The summed E-state index contributed by atoms with van der Waals surface area (Å²) in [6, 6.07) is 31.8. The van der Waals surface area contributed by atoms with Crippen molar-refractivity contribution in [2.24, 2.45) is 5.73 Å². The molecule has 2 N–H and O–H groups in total. The summed E-state index contributed by atoms with van der Waals surface area (Å²) in [5.41, 5.74) is 9.71. The second-order valence-electron chi connectivity index (χ2n) is 8.16. The molecule has 33 heavy (non-hydrogen) atoms. The lowest BCUT2D eigenvalue weighted by Crippen LogP contribution is -2.40. The van der Waals surface area contributed by atoms with Crippen molar-refractivity contribution in [1.29, 1.82) is 0 Å². The summed E-state index contributed by atoms with van der Waals surface area (Å²) >= 11 is 1.90. The van der Waals surface area contributed by atoms with Crippen LogP contribution in [0.3, 0.4) is 0 Å². The van der Waals surface area contributed by atoms with Gasteiger partial charge in [-0.05, 0) is 23.1 Å². The van der Waals surface area contributed by atoms with Crippen LogP contribution in [0, 0.1) is 0 Å². The highest BCUT2D eigenvalue weighted by molar-refractivity contribution is 8.01. The van der Waals surface area contributed by atoms with E-state index in [4.69, 9.17) is 10.5 Å². The van der Waals surface area contributed by atoms with E-state index < -0.39 is 4.75 Å². The average Bonchev–Trinajstić information content (AvgIpc) is 3.30. The summed E-state index contributed by atoms with van der Waals surface area (Å²) in [5.74, 6) is 0. The Balaban J connectivity index is 1.76. The molecule has 0 unspecified atom stereocenters. The van der Waals surface area contributed by atoms with Crippen LogP contribution >= 0.6 is 11.8 Å². The van der Waals surface area contributed by atoms with Gasteiger partial charge >= 0.3 is 6.09 Å². The minimum absolute atomic E-state index is 0.0418. The highest BCUT2D eigenvalue weighted by Gasteiger charge is 2.44. The number of carbonyl (C=O) groups is 1. The van der Waals surface area contributed by atoms with Gasteiger partial charge in [0.15, 0.2) is 0 Å². The first-order chi connectivity index (χ1) is 16.2. The van der Waals surface area contributed by atoms with Gasteiger partial charge in [-0.15, -0.1) is 11.8 Å². The van der Waals surface area contributed by atoms with Crippen LogP contribution < -0.4 is 5.73 Å². The highest BCUT2D eigenvalue weighted by Crippen LogP contribution is 2.52. The van der Waals surface area contributed by atoms with E-state index in [1.807, 2.05) is 30.0 Å². The molecular formula is C28H30N2O2S. The number of thioether (sulfide) groups is 1. The molecule has 0 radical (unpaired) electrons. The molecule has 1 saturated heterocycles. The van der Waals surface area contributed by atoms with Crippen molar-refractivity contribution in [2.45, 2.75) is 22.5 Å². The predicted octanol–water partition coefficient (Wildman–Crippen LogP) is 5.44. The van der Waals surface area contributed by atoms with Crippen LogP contribution in [0.4, 0.5) is 4.79 Å². The molecule has 1 heterocycles. The maximum atomic E-state index is 12.7. The minimum atomic E-state index is -0.422. The molecule has 0 aromatic heterocycles. The third-order valence-corrected chi connectivity index (χ3v) is 7.83. The van der Waals surface area contributed by atoms with Crippen molar-refractivity contribution in [3.8, 4) is 0 Å². The van der Waals surface area contributed by atoms with Gasteiger partial charge in [0.05, 0.1) is 4.75 Å². The number of carbonyl (C=O) groups excluding carboxylic acids is 1. The van der Waals surface area contributed by atoms with Gasteiger partial charge in [0, 0.05) is 24.4 Å². The standard InChI is InChI=1S/C28H30N2O2S/c1-2-18-32-27(31)30-21-26(19-25(30)20-29)33-28(22-12-6-3-7-13-22,23-14-8-4-9-15-23)24-16-10-5-11-17-24/h2-17,25-26H,1,18-21,29H2/t25-,26-/m0/s1. The van der Waals surface area contributed by atoms with Crippen molar-refractivity contribution >= 4 is 17.9 Å². The van der Waals surface area contributed by atoms with Crippen molar-refractivity contribution in [2.75, 3.05) is 19.7 Å². The predicted molar refractivity (Wildman–Crippen MR) is 136 cm³/mol. The van der Waals surface area contributed by atoms with Gasteiger partial charge in [0.1, 0.15) is 6.61 Å². The van der Waals surface area contributed by atoms with Crippen molar-refractivity contribution in [3.63, 3.8) is 0 Å². The molecule has 1 amide bonds. The molecule has 0 bridgehead atoms. The first kappa shape index (κ1) is 23.1. The fourth-order valence-corrected chi connectivity index (χ4v) is 6.46. The number of hydrogen-bond acceptors (Lipinski definition) is 4. The van der Waals surface area contributed by atoms with E-state index in [9.17, 15) is 4.79 Å². The van der Waals surface area contributed by atoms with E-state index >= 15 is 0 Å².